The van der Waals surface area contributed by atoms with Gasteiger partial charge in [-0.05, 0) is 75.8 Å². The first-order valence-corrected chi connectivity index (χ1v) is 16.0. The molecule has 0 N–H and O–H groups in total. The van der Waals surface area contributed by atoms with Crippen molar-refractivity contribution in [2.75, 3.05) is 51.0 Å². The van der Waals surface area contributed by atoms with Gasteiger partial charge in [0.25, 0.3) is 6.43 Å². The van der Waals surface area contributed by atoms with Gasteiger partial charge >= 0.3 is 0 Å². The number of benzene rings is 1. The monoisotopic (exact) mass is 599 g/mol. The van der Waals surface area contributed by atoms with E-state index in [1.165, 1.54) is 11.0 Å². The number of aromatic nitrogens is 4. The smallest absolute Gasteiger partial charge is 0.296 e. The number of anilines is 1. The Morgan fingerprint density at radius 3 is 2.51 bits per heavy atom. The minimum atomic E-state index is -2.73. The van der Waals surface area contributed by atoms with Crippen LogP contribution in [0, 0.1) is 5.92 Å². The highest BCUT2D eigenvalue weighted by molar-refractivity contribution is 5.78. The summed E-state index contributed by atoms with van der Waals surface area (Å²) in [4.78, 5) is 16.0. The summed E-state index contributed by atoms with van der Waals surface area (Å²) in [6, 6.07) is 9.06. The van der Waals surface area contributed by atoms with Crippen LogP contribution in [0.5, 0.6) is 0 Å². The van der Waals surface area contributed by atoms with Gasteiger partial charge < -0.3 is 23.8 Å². The van der Waals surface area contributed by atoms with Gasteiger partial charge in [-0.3, -0.25) is 4.57 Å². The van der Waals surface area contributed by atoms with Gasteiger partial charge in [0.15, 0.2) is 12.1 Å². The van der Waals surface area contributed by atoms with Crippen LogP contribution in [-0.4, -0.2) is 78.0 Å². The zero-order valence-electron chi connectivity index (χ0n) is 24.8. The lowest BCUT2D eigenvalue weighted by molar-refractivity contribution is -0.172. The molecule has 43 heavy (non-hydrogen) atoms. The maximum Gasteiger partial charge on any atom is 0.296 e. The van der Waals surface area contributed by atoms with Crippen molar-refractivity contribution in [3.63, 3.8) is 0 Å². The number of morpholine rings is 1. The van der Waals surface area contributed by atoms with Crippen molar-refractivity contribution in [2.45, 2.75) is 83.0 Å². The molecule has 3 aliphatic rings. The fraction of sp³-hybridized carbons (Fsp3) is 0.656. The molecule has 4 heterocycles. The first kappa shape index (κ1) is 30.3. The van der Waals surface area contributed by atoms with E-state index in [1.807, 2.05) is 18.2 Å². The second-order valence-corrected chi connectivity index (χ2v) is 11.8. The molecule has 0 bridgehead atoms. The van der Waals surface area contributed by atoms with Crippen LogP contribution in [0.25, 0.3) is 16.9 Å². The number of imidazole rings is 1. The summed E-state index contributed by atoms with van der Waals surface area (Å²) < 4.78 is 52.8. The van der Waals surface area contributed by atoms with Crippen LogP contribution in [0.1, 0.15) is 75.7 Å². The third-order valence-electron chi connectivity index (χ3n) is 8.78. The first-order valence-electron chi connectivity index (χ1n) is 16.0. The molecule has 0 radical (unpaired) electrons. The van der Waals surface area contributed by atoms with Crippen LogP contribution >= 0.6 is 0 Å². The third-order valence-corrected chi connectivity index (χ3v) is 8.78. The Bertz CT molecular complexity index is 1300. The molecule has 9 nitrogen and oxygen atoms in total. The maximum absolute atomic E-state index is 14.1. The van der Waals surface area contributed by atoms with E-state index in [0.29, 0.717) is 74.3 Å². The van der Waals surface area contributed by atoms with Crippen LogP contribution < -0.4 is 4.90 Å². The minimum Gasteiger partial charge on any atom is -0.378 e. The summed E-state index contributed by atoms with van der Waals surface area (Å²) in [5.74, 6) is 1.36. The van der Waals surface area contributed by atoms with Crippen LogP contribution in [-0.2, 0) is 25.4 Å². The van der Waals surface area contributed by atoms with Crippen molar-refractivity contribution in [1.82, 2.24) is 19.5 Å². The lowest BCUT2D eigenvalue weighted by Crippen LogP contribution is -2.37. The molecule has 3 fully saturated rings. The number of hydrogen-bond donors (Lipinski definition) is 0. The average Bonchev–Trinajstić information content (AvgIpc) is 3.45. The molecule has 0 spiro atoms. The number of hydrogen-bond acceptors (Lipinski definition) is 8. The standard InChI is InChI=1S/C32H43F2N5O4/c33-30(34)31-36-26-8-1-2-9-27(26)39(31)28-22-24(35-32(37-28)38-15-18-40-19-16-38)7-5-6-23-11-13-25(14-12-23)41-20-21-43-29-10-3-4-17-42-29/h1-2,8-9,22-23,25,29-30H,3-7,10-21H2/t23-,25-,29?. The highest BCUT2D eigenvalue weighted by Gasteiger charge is 2.25. The Hall–Kier alpha value is -2.73. The van der Waals surface area contributed by atoms with Gasteiger partial charge in [0.2, 0.25) is 5.95 Å². The quantitative estimate of drug-likeness (QED) is 0.234. The Labute approximate surface area is 251 Å². The van der Waals surface area contributed by atoms with Gasteiger partial charge in [0.1, 0.15) is 5.82 Å². The Morgan fingerprint density at radius 1 is 0.907 bits per heavy atom. The van der Waals surface area contributed by atoms with Gasteiger partial charge in [0.05, 0.1) is 43.6 Å². The van der Waals surface area contributed by atoms with E-state index in [-0.39, 0.29) is 12.1 Å². The van der Waals surface area contributed by atoms with Crippen molar-refractivity contribution >= 4 is 17.0 Å². The fourth-order valence-electron chi connectivity index (χ4n) is 6.44. The molecule has 1 unspecified atom stereocenters. The fourth-order valence-corrected chi connectivity index (χ4v) is 6.44. The molecule has 234 valence electrons. The van der Waals surface area contributed by atoms with Crippen molar-refractivity contribution in [3.8, 4) is 5.82 Å². The van der Waals surface area contributed by atoms with Crippen LogP contribution in [0.2, 0.25) is 0 Å². The predicted octanol–water partition coefficient (Wildman–Crippen LogP) is 6.03. The number of ether oxygens (including phenoxy) is 4. The van der Waals surface area contributed by atoms with Gasteiger partial charge in [-0.1, -0.05) is 18.6 Å². The van der Waals surface area contributed by atoms with Crippen LogP contribution in [0.15, 0.2) is 30.3 Å². The number of nitrogens with zero attached hydrogens (tertiary/aromatic N) is 5. The van der Waals surface area contributed by atoms with E-state index in [4.69, 9.17) is 28.9 Å². The van der Waals surface area contributed by atoms with Crippen LogP contribution in [0.3, 0.4) is 0 Å². The van der Waals surface area contributed by atoms with Gasteiger partial charge in [-0.25, -0.2) is 18.7 Å². The zero-order valence-corrected chi connectivity index (χ0v) is 24.8. The SMILES string of the molecule is FC(F)c1nc2ccccc2n1-c1cc(CCC[C@H]2CC[C@H](OCCOC3CCCCO3)CC2)nc(N2CCOCC2)n1. The Kier molecular flexibility index (Phi) is 10.5. The summed E-state index contributed by atoms with van der Waals surface area (Å²) in [5.41, 5.74) is 2.00. The molecule has 2 saturated heterocycles. The molecule has 0 amide bonds. The number of alkyl halides is 2. The van der Waals surface area contributed by atoms with E-state index in [0.717, 1.165) is 70.1 Å². The maximum atomic E-state index is 14.1. The Balaban J connectivity index is 1.06. The van der Waals surface area contributed by atoms with Gasteiger partial charge in [-0.15, -0.1) is 0 Å². The minimum absolute atomic E-state index is 0.0605. The van der Waals surface area contributed by atoms with Crippen molar-refractivity contribution in [1.29, 1.82) is 0 Å². The van der Waals surface area contributed by atoms with Gasteiger partial charge in [-0.2, -0.15) is 4.98 Å². The number of halogens is 2. The number of fused-ring (bicyclic) bond motifs is 1. The van der Waals surface area contributed by atoms with Gasteiger partial charge in [0, 0.05) is 31.5 Å². The number of para-hydroxylation sites is 2. The van der Waals surface area contributed by atoms with Crippen molar-refractivity contribution in [3.05, 3.63) is 41.9 Å². The highest BCUT2D eigenvalue weighted by Crippen LogP contribution is 2.31. The molecule has 11 heteroatoms. The molecule has 1 saturated carbocycles. The Morgan fingerprint density at radius 2 is 1.72 bits per heavy atom. The second-order valence-electron chi connectivity index (χ2n) is 11.8. The van der Waals surface area contributed by atoms with E-state index < -0.39 is 6.43 Å². The van der Waals surface area contributed by atoms with E-state index in [1.54, 1.807) is 12.1 Å². The summed E-state index contributed by atoms with van der Waals surface area (Å²) >= 11 is 0. The lowest BCUT2D eigenvalue weighted by Gasteiger charge is -2.29. The van der Waals surface area contributed by atoms with E-state index in [9.17, 15) is 8.78 Å². The average molecular weight is 600 g/mol. The molecule has 6 rings (SSSR count). The predicted molar refractivity (Wildman–Crippen MR) is 159 cm³/mol. The molecule has 3 aromatic rings. The molecular weight excluding hydrogens is 556 g/mol. The molecule has 1 atom stereocenters. The molecular formula is C32H43F2N5O4. The number of rotatable bonds is 12. The summed E-state index contributed by atoms with van der Waals surface area (Å²) in [6.07, 6.45) is 8.12. The molecule has 2 aliphatic heterocycles. The second kappa shape index (κ2) is 14.8. The first-order chi connectivity index (χ1) is 21.1. The number of aryl methyl sites for hydroxylation is 1. The van der Waals surface area contributed by atoms with Crippen molar-refractivity contribution < 1.29 is 27.7 Å². The van der Waals surface area contributed by atoms with Crippen molar-refractivity contribution in [2.24, 2.45) is 5.92 Å². The highest BCUT2D eigenvalue weighted by atomic mass is 19.3. The largest absolute Gasteiger partial charge is 0.378 e. The summed E-state index contributed by atoms with van der Waals surface area (Å²) in [7, 11) is 0. The normalized spacial score (nSPS) is 23.3. The summed E-state index contributed by atoms with van der Waals surface area (Å²) in [5, 5.41) is 0. The molecule has 1 aliphatic carbocycles. The topological polar surface area (TPSA) is 83.8 Å². The molecule has 1 aromatic carbocycles. The van der Waals surface area contributed by atoms with Crippen LogP contribution in [0.4, 0.5) is 14.7 Å². The third kappa shape index (κ3) is 7.87. The molecule has 2 aromatic heterocycles. The lowest BCUT2D eigenvalue weighted by atomic mass is 9.84. The van der Waals surface area contributed by atoms with E-state index >= 15 is 0 Å². The van der Waals surface area contributed by atoms with E-state index in [2.05, 4.69) is 9.88 Å². The zero-order chi connectivity index (χ0) is 29.4. The summed E-state index contributed by atoms with van der Waals surface area (Å²) in [6.45, 7) is 4.52.